The van der Waals surface area contributed by atoms with Crippen LogP contribution in [0, 0.1) is 0 Å². The summed E-state index contributed by atoms with van der Waals surface area (Å²) in [7, 11) is 0. The molecule has 0 aliphatic carbocycles. The van der Waals surface area contributed by atoms with Crippen LogP contribution in [0.15, 0.2) is 29.2 Å². The van der Waals surface area contributed by atoms with Crippen molar-refractivity contribution in [2.24, 2.45) is 0 Å². The smallest absolute Gasteiger partial charge is 0.412 e. The third kappa shape index (κ3) is 6.54. The second kappa shape index (κ2) is 6.86. The number of nitrogens with one attached hydrogen (secondary N) is 1. The van der Waals surface area contributed by atoms with Gasteiger partial charge in [-0.3, -0.25) is 10.1 Å². The predicted octanol–water partition coefficient (Wildman–Crippen LogP) is 4.61. The molecule has 0 spiro atoms. The van der Waals surface area contributed by atoms with E-state index >= 15 is 0 Å². The molecule has 0 aromatic heterocycles. The summed E-state index contributed by atoms with van der Waals surface area (Å²) in [6, 6.07) is 7.09. The van der Waals surface area contributed by atoms with Gasteiger partial charge >= 0.3 is 6.09 Å². The zero-order chi connectivity index (χ0) is 14.5. The van der Waals surface area contributed by atoms with Crippen LogP contribution in [-0.2, 0) is 4.74 Å². The van der Waals surface area contributed by atoms with Crippen LogP contribution in [0.25, 0.3) is 0 Å². The Balaban J connectivity index is 2.67. The van der Waals surface area contributed by atoms with E-state index < -0.39 is 11.7 Å². The van der Waals surface area contributed by atoms with E-state index in [1.807, 2.05) is 6.07 Å². The lowest BCUT2D eigenvalue weighted by Crippen LogP contribution is -2.27. The number of benzene rings is 1. The van der Waals surface area contributed by atoms with Gasteiger partial charge < -0.3 is 4.74 Å². The molecule has 1 N–H and O–H groups in total. The van der Waals surface area contributed by atoms with Crippen LogP contribution in [-0.4, -0.2) is 22.4 Å². The molecule has 0 atom stereocenters. The Morgan fingerprint density at radius 2 is 1.95 bits per heavy atom. The van der Waals surface area contributed by atoms with Crippen molar-refractivity contribution in [3.63, 3.8) is 0 Å². The largest absolute Gasteiger partial charge is 0.444 e. The Morgan fingerprint density at radius 3 is 2.53 bits per heavy atom. The highest BCUT2D eigenvalue weighted by molar-refractivity contribution is 8.38. The van der Waals surface area contributed by atoms with E-state index in [1.54, 1.807) is 45.2 Å². The molecule has 1 rings (SSSR count). The van der Waals surface area contributed by atoms with Gasteiger partial charge in [-0.1, -0.05) is 17.8 Å². The van der Waals surface area contributed by atoms with Crippen molar-refractivity contribution in [1.82, 2.24) is 0 Å². The molecule has 19 heavy (non-hydrogen) atoms. The Kier molecular flexibility index (Phi) is 5.75. The number of amides is 1. The molecule has 0 aliphatic heterocycles. The zero-order valence-corrected chi connectivity index (χ0v) is 13.0. The van der Waals surface area contributed by atoms with E-state index in [1.165, 1.54) is 0 Å². The number of carbonyl (C=O) groups is 2. The minimum absolute atomic E-state index is 0.00872. The van der Waals surface area contributed by atoms with Gasteiger partial charge in [0.15, 0.2) is 0 Å². The van der Waals surface area contributed by atoms with Crippen molar-refractivity contribution < 1.29 is 14.3 Å². The molecule has 0 aliphatic rings. The molecule has 0 bridgehead atoms. The van der Waals surface area contributed by atoms with Crippen LogP contribution in [0.5, 0.6) is 0 Å². The maximum atomic E-state index is 11.6. The number of carbonyl (C=O) groups excluding carboxylic acids is 2. The van der Waals surface area contributed by atoms with E-state index in [9.17, 15) is 9.59 Å². The molecule has 104 valence electrons. The number of hydrogen-bond donors (Lipinski definition) is 1. The lowest BCUT2D eigenvalue weighted by atomic mass is 10.2. The highest BCUT2D eigenvalue weighted by Gasteiger charge is 2.16. The van der Waals surface area contributed by atoms with Crippen molar-refractivity contribution in [3.05, 3.63) is 24.3 Å². The molecule has 1 aromatic rings. The van der Waals surface area contributed by atoms with Gasteiger partial charge in [0.1, 0.15) is 5.60 Å². The van der Waals surface area contributed by atoms with E-state index in [0.717, 1.165) is 28.4 Å². The van der Waals surface area contributed by atoms with Crippen molar-refractivity contribution in [3.8, 4) is 0 Å². The summed E-state index contributed by atoms with van der Waals surface area (Å²) in [5.41, 5.74) is 0.0683. The summed E-state index contributed by atoms with van der Waals surface area (Å²) in [5.74, 6) is 0. The van der Waals surface area contributed by atoms with Gasteiger partial charge in [-0.05, 0) is 57.0 Å². The van der Waals surface area contributed by atoms with E-state index in [0.29, 0.717) is 5.69 Å². The molecule has 4 nitrogen and oxygen atoms in total. The molecule has 0 fully saturated rings. The summed E-state index contributed by atoms with van der Waals surface area (Å²) in [6.45, 7) is 5.40. The van der Waals surface area contributed by atoms with Gasteiger partial charge in [0.05, 0.1) is 0 Å². The summed E-state index contributed by atoms with van der Waals surface area (Å²) in [5, 5.41) is 2.64. The minimum Gasteiger partial charge on any atom is -0.444 e. The first-order chi connectivity index (χ1) is 8.80. The molecular formula is C13H17NO3S2. The van der Waals surface area contributed by atoms with Gasteiger partial charge in [0.2, 0.25) is 0 Å². The maximum Gasteiger partial charge on any atom is 0.412 e. The minimum atomic E-state index is -0.536. The molecule has 0 radical (unpaired) electrons. The second-order valence-electron chi connectivity index (χ2n) is 4.71. The molecule has 0 unspecified atom stereocenters. The molecular weight excluding hydrogens is 282 g/mol. The number of hydrogen-bond acceptors (Lipinski definition) is 5. The number of anilines is 1. The van der Waals surface area contributed by atoms with E-state index in [2.05, 4.69) is 5.32 Å². The third-order valence-corrected chi connectivity index (χ3v) is 3.59. The maximum absolute atomic E-state index is 11.6. The van der Waals surface area contributed by atoms with Gasteiger partial charge in [-0.2, -0.15) is 0 Å². The van der Waals surface area contributed by atoms with E-state index in [-0.39, 0.29) is 4.45 Å². The molecule has 1 amide bonds. The van der Waals surface area contributed by atoms with Crippen molar-refractivity contribution in [2.45, 2.75) is 31.3 Å². The monoisotopic (exact) mass is 299 g/mol. The van der Waals surface area contributed by atoms with Gasteiger partial charge in [-0.15, -0.1) is 0 Å². The summed E-state index contributed by atoms with van der Waals surface area (Å²) in [6.07, 6.45) is 1.23. The summed E-state index contributed by atoms with van der Waals surface area (Å²) >= 11 is 2.29. The Hall–Kier alpha value is -1.14. The van der Waals surface area contributed by atoms with Crippen molar-refractivity contribution in [2.75, 3.05) is 11.6 Å². The highest BCUT2D eigenvalue weighted by Crippen LogP contribution is 2.26. The Bertz CT molecular complexity index is 469. The average molecular weight is 299 g/mol. The fraction of sp³-hybridized carbons (Fsp3) is 0.385. The van der Waals surface area contributed by atoms with Gasteiger partial charge in [0.25, 0.3) is 4.45 Å². The topological polar surface area (TPSA) is 55.4 Å². The number of rotatable bonds is 2. The van der Waals surface area contributed by atoms with Crippen molar-refractivity contribution in [1.29, 1.82) is 0 Å². The highest BCUT2D eigenvalue weighted by atomic mass is 32.2. The molecule has 0 heterocycles. The van der Waals surface area contributed by atoms with Crippen LogP contribution >= 0.6 is 23.5 Å². The Morgan fingerprint density at radius 1 is 1.26 bits per heavy atom. The zero-order valence-electron chi connectivity index (χ0n) is 11.4. The van der Waals surface area contributed by atoms with Gasteiger partial charge in [-0.25, -0.2) is 4.79 Å². The molecule has 6 heteroatoms. The van der Waals surface area contributed by atoms with Crippen molar-refractivity contribution >= 4 is 39.8 Å². The fourth-order valence-corrected chi connectivity index (χ4v) is 2.34. The third-order valence-electron chi connectivity index (χ3n) is 1.85. The second-order valence-corrected chi connectivity index (χ2v) is 6.79. The van der Waals surface area contributed by atoms with E-state index in [4.69, 9.17) is 4.74 Å². The van der Waals surface area contributed by atoms with Crippen LogP contribution < -0.4 is 5.32 Å². The quantitative estimate of drug-likeness (QED) is 0.808. The lowest BCUT2D eigenvalue weighted by molar-refractivity contribution is 0.0636. The number of thioether (sulfide) groups is 2. The molecule has 0 saturated carbocycles. The Labute approximate surface area is 121 Å². The molecule has 0 saturated heterocycles. The predicted molar refractivity (Wildman–Crippen MR) is 81.1 cm³/mol. The fourth-order valence-electron chi connectivity index (χ4n) is 1.20. The average Bonchev–Trinajstić information content (AvgIpc) is 2.26. The van der Waals surface area contributed by atoms with Gasteiger partial charge in [0, 0.05) is 10.6 Å². The summed E-state index contributed by atoms with van der Waals surface area (Å²) < 4.78 is 5.16. The van der Waals surface area contributed by atoms with Crippen LogP contribution in [0.2, 0.25) is 0 Å². The lowest BCUT2D eigenvalue weighted by Gasteiger charge is -2.19. The first-order valence-electron chi connectivity index (χ1n) is 5.66. The molecule has 1 aromatic carbocycles. The summed E-state index contributed by atoms with van der Waals surface area (Å²) in [4.78, 5) is 23.7. The first-order valence-corrected chi connectivity index (χ1v) is 7.70. The van der Waals surface area contributed by atoms with Crippen LogP contribution in [0.1, 0.15) is 20.8 Å². The first kappa shape index (κ1) is 15.9. The SMILES string of the molecule is CSC(=O)Sc1cccc(NC(=O)OC(C)(C)C)c1. The number of ether oxygens (including phenoxy) is 1. The normalized spacial score (nSPS) is 10.9. The standard InChI is InChI=1S/C13H17NO3S2/c1-13(2,3)17-11(15)14-9-6-5-7-10(8-9)19-12(16)18-4/h5-8H,1-4H3,(H,14,15). The van der Waals surface area contributed by atoms with Crippen LogP contribution in [0.3, 0.4) is 0 Å². The van der Waals surface area contributed by atoms with Crippen LogP contribution in [0.4, 0.5) is 15.3 Å².